The van der Waals surface area contributed by atoms with Crippen molar-refractivity contribution in [3.8, 4) is 61.4 Å². The molecule has 0 saturated heterocycles. The lowest BCUT2D eigenvalue weighted by Gasteiger charge is -2.04. The quantitative estimate of drug-likeness (QED) is 0.161. The standard InChI is InChI=1S/C54H30O2S2.C18H12BO3.C18H8Br2S2.2CH4/c1-3-7-31(8-4-1)33-11-17-47-39(23-33)41-25-35(13-19-49(41)55-47)37-15-21-51-43(27-37)45-29-46-44-28-38(16-22-52(44)58-54(46)30-53(45)57-51)36-14-20-50-42(26-36)40-24-34(12-18-48(40)56-50)32-9-5-2-6-10-32;20-19-22-14-7-9-18-16(11-14)15-10-13(6-8-17(15)21-18)12-4-2-1-3-5-12;19-9-1-3-15-11(5-9)13-7-14-12-6-10(20)2-4-16(12)22-18(14)8-17(13)21-15;;/h1-30H;1-11,20H;1-8H;2*1H4. The highest BCUT2D eigenvalue weighted by atomic mass is 79.9. The third-order valence-electron chi connectivity index (χ3n) is 19.6. The predicted molar refractivity (Wildman–Crippen MR) is 457 cm³/mol. The van der Waals surface area contributed by atoms with Gasteiger partial charge in [0.15, 0.2) is 0 Å². The van der Waals surface area contributed by atoms with E-state index in [9.17, 15) is 0 Å². The zero-order chi connectivity index (χ0) is 67.7. The number of hydrogen-bond acceptors (Lipinski definition) is 9. The van der Waals surface area contributed by atoms with E-state index in [0.29, 0.717) is 13.4 Å². The molecular weight excluding hydrogens is 1480 g/mol. The molecule has 0 aliphatic rings. The molecule has 0 amide bonds. The molecule has 0 aliphatic carbocycles. The normalized spacial score (nSPS) is 11.6. The summed E-state index contributed by atoms with van der Waals surface area (Å²) in [6, 6.07) is 106. The lowest BCUT2D eigenvalue weighted by molar-refractivity contribution is 0.454. The van der Waals surface area contributed by atoms with Crippen molar-refractivity contribution in [2.75, 3.05) is 0 Å². The maximum absolute atomic E-state index is 8.78. The first-order chi connectivity index (χ1) is 50.2. The van der Waals surface area contributed by atoms with Crippen LogP contribution in [0.15, 0.2) is 319 Å². The van der Waals surface area contributed by atoms with Gasteiger partial charge in [0, 0.05) is 122 Å². The Bertz CT molecular complexity index is 6790. The molecule has 1 N–H and O–H groups in total. The molecular formula is C92H58BBr2O5S4. The molecule has 15 aromatic carbocycles. The second-order valence-electron chi connectivity index (χ2n) is 25.6. The molecule has 5 nitrogen and oxygen atoms in total. The summed E-state index contributed by atoms with van der Waals surface area (Å²) in [6.07, 6.45) is 0. The van der Waals surface area contributed by atoms with Gasteiger partial charge in [-0.15, -0.1) is 45.3 Å². The van der Waals surface area contributed by atoms with Crippen molar-refractivity contribution in [3.63, 3.8) is 0 Å². The maximum Gasteiger partial charge on any atom is 0.569 e. The molecule has 497 valence electrons. The van der Waals surface area contributed by atoms with Crippen molar-refractivity contribution in [1.29, 1.82) is 0 Å². The highest BCUT2D eigenvalue weighted by Crippen LogP contribution is 2.47. The van der Waals surface area contributed by atoms with Crippen LogP contribution in [0.25, 0.3) is 202 Å². The van der Waals surface area contributed by atoms with Crippen LogP contribution in [0, 0.1) is 0 Å². The molecule has 104 heavy (non-hydrogen) atoms. The van der Waals surface area contributed by atoms with E-state index in [1.54, 1.807) is 6.07 Å². The third kappa shape index (κ3) is 11.5. The number of furan rings is 3. The van der Waals surface area contributed by atoms with Crippen LogP contribution in [-0.4, -0.2) is 12.7 Å². The molecule has 0 atom stereocenters. The van der Waals surface area contributed by atoms with Gasteiger partial charge in [-0.2, -0.15) is 0 Å². The van der Waals surface area contributed by atoms with E-state index in [4.69, 9.17) is 22.9 Å². The lowest BCUT2D eigenvalue weighted by atomic mass is 9.98. The van der Waals surface area contributed by atoms with Gasteiger partial charge < -0.3 is 22.9 Å². The summed E-state index contributed by atoms with van der Waals surface area (Å²) in [6.45, 7) is 0. The Balaban J connectivity index is 0.000000137. The number of hydrogen-bond donors (Lipinski definition) is 1. The summed E-state index contributed by atoms with van der Waals surface area (Å²) < 4.78 is 36.5. The van der Waals surface area contributed by atoms with Crippen LogP contribution in [0.3, 0.4) is 0 Å². The topological polar surface area (TPSA) is 68.9 Å². The smallest absolute Gasteiger partial charge is 0.537 e. The first kappa shape index (κ1) is 65.4. The van der Waals surface area contributed by atoms with Gasteiger partial charge in [-0.25, -0.2) is 0 Å². The Labute approximate surface area is 631 Å². The number of thiophene rings is 4. The summed E-state index contributed by atoms with van der Waals surface area (Å²) in [5, 5.41) is 25.9. The molecule has 0 spiro atoms. The van der Waals surface area contributed by atoms with Gasteiger partial charge in [-0.1, -0.05) is 180 Å². The molecule has 12 heteroatoms. The van der Waals surface area contributed by atoms with Gasteiger partial charge in [0.25, 0.3) is 0 Å². The fourth-order valence-corrected chi connectivity index (χ4v) is 19.9. The summed E-state index contributed by atoms with van der Waals surface area (Å²) in [5.74, 6) is 0.572. The minimum absolute atomic E-state index is 0. The number of benzene rings is 15. The fraction of sp³-hybridized carbons (Fsp3) is 0.0217. The molecule has 0 saturated carbocycles. The molecule has 7 aromatic heterocycles. The van der Waals surface area contributed by atoms with Crippen LogP contribution in [-0.2, 0) is 0 Å². The van der Waals surface area contributed by atoms with Crippen LogP contribution >= 0.6 is 77.2 Å². The number of halogens is 2. The molecule has 0 fully saturated rings. The van der Waals surface area contributed by atoms with Gasteiger partial charge in [0.05, 0.1) is 0 Å². The Morgan fingerprint density at radius 3 is 0.798 bits per heavy atom. The highest BCUT2D eigenvalue weighted by molar-refractivity contribution is 9.10. The van der Waals surface area contributed by atoms with Crippen molar-refractivity contribution >= 4 is 231 Å². The predicted octanol–water partition coefficient (Wildman–Crippen LogP) is 30.3. The first-order valence-corrected chi connectivity index (χ1v) is 38.2. The van der Waals surface area contributed by atoms with Crippen LogP contribution in [0.5, 0.6) is 5.75 Å². The van der Waals surface area contributed by atoms with Crippen molar-refractivity contribution in [2.45, 2.75) is 14.9 Å². The van der Waals surface area contributed by atoms with Crippen LogP contribution in [0.4, 0.5) is 0 Å². The largest absolute Gasteiger partial charge is 0.569 e. The van der Waals surface area contributed by atoms with Gasteiger partial charge in [-0.3, -0.25) is 0 Å². The minimum atomic E-state index is 0. The second-order valence-corrected chi connectivity index (χ2v) is 31.8. The fourth-order valence-electron chi connectivity index (χ4n) is 14.6. The van der Waals surface area contributed by atoms with E-state index in [1.165, 1.54) is 125 Å². The van der Waals surface area contributed by atoms with Crippen molar-refractivity contribution in [2.24, 2.45) is 0 Å². The van der Waals surface area contributed by atoms with Gasteiger partial charge >= 0.3 is 7.69 Å². The number of fused-ring (bicyclic) bond motifs is 21. The summed E-state index contributed by atoms with van der Waals surface area (Å²) in [4.78, 5) is 0. The average molecular weight is 1540 g/mol. The molecule has 7 heterocycles. The van der Waals surface area contributed by atoms with Crippen molar-refractivity contribution < 1.29 is 22.9 Å². The van der Waals surface area contributed by atoms with E-state index in [-0.39, 0.29) is 14.9 Å². The van der Waals surface area contributed by atoms with Crippen molar-refractivity contribution in [3.05, 3.63) is 306 Å². The van der Waals surface area contributed by atoms with Crippen LogP contribution in [0.1, 0.15) is 14.9 Å². The zero-order valence-electron chi connectivity index (χ0n) is 53.8. The lowest BCUT2D eigenvalue weighted by Crippen LogP contribution is -1.98. The molecule has 0 aliphatic heterocycles. The average Bonchev–Trinajstić information content (AvgIpc) is 1.59. The highest BCUT2D eigenvalue weighted by Gasteiger charge is 2.19. The zero-order valence-corrected chi connectivity index (χ0v) is 60.3. The number of rotatable bonds is 7. The minimum Gasteiger partial charge on any atom is -0.537 e. The molecule has 22 rings (SSSR count). The van der Waals surface area contributed by atoms with E-state index in [2.05, 4.69) is 287 Å². The second kappa shape index (κ2) is 26.6. The molecule has 0 bridgehead atoms. The van der Waals surface area contributed by atoms with E-state index in [1.807, 2.05) is 81.7 Å². The molecule has 1 radical (unpaired) electrons. The van der Waals surface area contributed by atoms with E-state index < -0.39 is 0 Å². The summed E-state index contributed by atoms with van der Waals surface area (Å²) >= 11 is 14.7. The summed E-state index contributed by atoms with van der Waals surface area (Å²) in [5.41, 5.74) is 17.1. The van der Waals surface area contributed by atoms with E-state index in [0.717, 1.165) is 85.9 Å². The Hall–Kier alpha value is -10.6. The molecule has 0 unspecified atom stereocenters. The Morgan fingerprint density at radius 2 is 0.481 bits per heavy atom. The Morgan fingerprint density at radius 1 is 0.231 bits per heavy atom. The van der Waals surface area contributed by atoms with Crippen LogP contribution in [0.2, 0.25) is 0 Å². The van der Waals surface area contributed by atoms with Crippen molar-refractivity contribution in [1.82, 2.24) is 0 Å². The first-order valence-electron chi connectivity index (χ1n) is 33.4. The third-order valence-corrected chi connectivity index (χ3v) is 25.1. The SMILES string of the molecule is Brc1ccc2sc3cc4sc5ccc(Br)cc5c4cc3c2c1.C.C.O[B]Oc1ccc2oc3ccc(-c4ccccc4)cc3c2c1.c1ccc(-c2ccc3oc4ccc(-c5ccc6sc7cc8sc9ccc(-c%10ccc%11oc%12ccc(-c%13ccccc%13)cc%12c%11c%10)cc9c8cc7c6c5)cc4c3c2)cc1. The van der Waals surface area contributed by atoms with Gasteiger partial charge in [0.1, 0.15) is 39.2 Å². The monoisotopic (exact) mass is 1540 g/mol. The van der Waals surface area contributed by atoms with Gasteiger partial charge in [0.2, 0.25) is 0 Å². The van der Waals surface area contributed by atoms with E-state index >= 15 is 0 Å². The maximum atomic E-state index is 8.78. The summed E-state index contributed by atoms with van der Waals surface area (Å²) in [7, 11) is 0.679. The Kier molecular flexibility index (Phi) is 16.7. The van der Waals surface area contributed by atoms with Gasteiger partial charge in [-0.05, 0) is 219 Å². The van der Waals surface area contributed by atoms with Crippen LogP contribution < -0.4 is 4.65 Å². The molecule has 22 aromatic rings.